The maximum Gasteiger partial charge on any atom is 0.309 e. The van der Waals surface area contributed by atoms with Crippen LogP contribution in [0.15, 0.2) is 36.4 Å². The van der Waals surface area contributed by atoms with E-state index < -0.39 is 11.6 Å². The zero-order chi connectivity index (χ0) is 24.1. The summed E-state index contributed by atoms with van der Waals surface area (Å²) in [5.74, 6) is -0.682. The van der Waals surface area contributed by atoms with Crippen LogP contribution in [0.4, 0.5) is 8.78 Å². The lowest BCUT2D eigenvalue weighted by Gasteiger charge is -2.31. The van der Waals surface area contributed by atoms with E-state index in [-0.39, 0.29) is 29.3 Å². The Morgan fingerprint density at radius 1 is 0.882 bits per heavy atom. The van der Waals surface area contributed by atoms with Crippen molar-refractivity contribution in [3.8, 4) is 16.9 Å². The molecule has 0 atom stereocenters. The monoisotopic (exact) mass is 470 g/mol. The highest BCUT2D eigenvalue weighted by Gasteiger charge is 2.30. The molecule has 2 saturated carbocycles. The summed E-state index contributed by atoms with van der Waals surface area (Å²) in [5, 5.41) is 0. The van der Waals surface area contributed by atoms with Crippen LogP contribution in [0.5, 0.6) is 5.75 Å². The largest absolute Gasteiger partial charge is 0.494 e. The third-order valence-electron chi connectivity index (χ3n) is 7.79. The lowest BCUT2D eigenvalue weighted by molar-refractivity contribution is -0.157. The molecule has 0 amide bonds. The van der Waals surface area contributed by atoms with Gasteiger partial charge >= 0.3 is 5.97 Å². The van der Waals surface area contributed by atoms with Crippen LogP contribution in [-0.2, 0) is 9.53 Å². The third kappa shape index (κ3) is 5.61. The molecule has 34 heavy (non-hydrogen) atoms. The molecular formula is C29H36F2O3. The molecule has 2 aliphatic rings. The molecule has 2 fully saturated rings. The summed E-state index contributed by atoms with van der Waals surface area (Å²) in [6.45, 7) is 2.23. The number of methoxy groups -OCH3 is 1. The van der Waals surface area contributed by atoms with E-state index in [0.717, 1.165) is 57.3 Å². The molecule has 0 radical (unpaired) electrons. The summed E-state index contributed by atoms with van der Waals surface area (Å²) < 4.78 is 39.3. The van der Waals surface area contributed by atoms with Crippen molar-refractivity contribution in [1.82, 2.24) is 0 Å². The molecule has 2 aromatic carbocycles. The minimum atomic E-state index is -0.967. The number of hydrogen-bond acceptors (Lipinski definition) is 3. The van der Waals surface area contributed by atoms with Gasteiger partial charge in [-0.1, -0.05) is 44.0 Å². The lowest BCUT2D eigenvalue weighted by atomic mass is 9.80. The molecule has 0 aromatic heterocycles. The summed E-state index contributed by atoms with van der Waals surface area (Å²) in [6, 6.07) is 10.7. The summed E-state index contributed by atoms with van der Waals surface area (Å²) in [7, 11) is 1.32. The fourth-order valence-corrected chi connectivity index (χ4v) is 5.72. The van der Waals surface area contributed by atoms with Crippen LogP contribution in [0.2, 0.25) is 0 Å². The Morgan fingerprint density at radius 2 is 1.56 bits per heavy atom. The standard InChI is InChI=1S/C29H36F2O3/c1-3-4-19-5-7-23(8-6-19)29(32)34-24-15-13-21(14-16-24)20-9-11-22(12-10-20)25-17-18-26(33-2)28(31)27(25)30/h9-12,17-19,21,23-24H,3-8,13-16H2,1-2H3. The van der Waals surface area contributed by atoms with E-state index in [1.807, 2.05) is 24.3 Å². The molecule has 2 aliphatic carbocycles. The second kappa shape index (κ2) is 11.3. The van der Waals surface area contributed by atoms with Gasteiger partial charge in [-0.05, 0) is 86.5 Å². The van der Waals surface area contributed by atoms with E-state index in [1.54, 1.807) is 6.07 Å². The average Bonchev–Trinajstić information content (AvgIpc) is 2.87. The van der Waals surface area contributed by atoms with E-state index in [4.69, 9.17) is 9.47 Å². The number of esters is 1. The zero-order valence-corrected chi connectivity index (χ0v) is 20.3. The van der Waals surface area contributed by atoms with Gasteiger partial charge in [0.05, 0.1) is 13.0 Å². The van der Waals surface area contributed by atoms with Gasteiger partial charge in [0.1, 0.15) is 6.10 Å². The van der Waals surface area contributed by atoms with Crippen LogP contribution in [0.25, 0.3) is 11.1 Å². The first-order valence-electron chi connectivity index (χ1n) is 12.8. The minimum Gasteiger partial charge on any atom is -0.494 e. The van der Waals surface area contributed by atoms with Gasteiger partial charge in [0, 0.05) is 5.56 Å². The molecule has 0 saturated heterocycles. The van der Waals surface area contributed by atoms with Gasteiger partial charge in [-0.2, -0.15) is 4.39 Å². The van der Waals surface area contributed by atoms with E-state index in [9.17, 15) is 13.6 Å². The first-order chi connectivity index (χ1) is 16.5. The number of benzene rings is 2. The molecule has 2 aromatic rings. The molecule has 0 N–H and O–H groups in total. The quantitative estimate of drug-likeness (QED) is 0.387. The van der Waals surface area contributed by atoms with Gasteiger partial charge < -0.3 is 9.47 Å². The fraction of sp³-hybridized carbons (Fsp3) is 0.552. The van der Waals surface area contributed by atoms with Crippen LogP contribution in [0.3, 0.4) is 0 Å². The van der Waals surface area contributed by atoms with Crippen molar-refractivity contribution in [2.75, 3.05) is 7.11 Å². The maximum atomic E-state index is 14.4. The summed E-state index contributed by atoms with van der Waals surface area (Å²) in [6.07, 6.45) is 10.5. The first kappa shape index (κ1) is 24.7. The molecular weight excluding hydrogens is 434 g/mol. The smallest absolute Gasteiger partial charge is 0.309 e. The zero-order valence-electron chi connectivity index (χ0n) is 20.3. The summed E-state index contributed by atoms with van der Waals surface area (Å²) >= 11 is 0. The van der Waals surface area contributed by atoms with E-state index in [1.165, 1.54) is 31.6 Å². The first-order valence-corrected chi connectivity index (χ1v) is 12.8. The highest BCUT2D eigenvalue weighted by atomic mass is 19.2. The van der Waals surface area contributed by atoms with Crippen molar-refractivity contribution in [2.24, 2.45) is 11.8 Å². The van der Waals surface area contributed by atoms with Crippen LogP contribution >= 0.6 is 0 Å². The molecule has 0 spiro atoms. The molecule has 3 nitrogen and oxygen atoms in total. The van der Waals surface area contributed by atoms with Crippen molar-refractivity contribution in [2.45, 2.75) is 83.2 Å². The molecule has 0 unspecified atom stereocenters. The Hall–Kier alpha value is -2.43. The van der Waals surface area contributed by atoms with E-state index >= 15 is 0 Å². The number of hydrogen-bond donors (Lipinski definition) is 0. The van der Waals surface area contributed by atoms with Gasteiger partial charge in [0.2, 0.25) is 5.82 Å². The molecule has 0 aliphatic heterocycles. The highest BCUT2D eigenvalue weighted by molar-refractivity contribution is 5.72. The third-order valence-corrected chi connectivity index (χ3v) is 7.79. The number of halogens is 2. The number of ether oxygens (including phenoxy) is 2. The van der Waals surface area contributed by atoms with Gasteiger partial charge in [-0.3, -0.25) is 4.79 Å². The summed E-state index contributed by atoms with van der Waals surface area (Å²) in [5.41, 5.74) is 2.06. The molecule has 0 heterocycles. The van der Waals surface area contributed by atoms with Crippen molar-refractivity contribution >= 4 is 5.97 Å². The Morgan fingerprint density at radius 3 is 2.18 bits per heavy atom. The van der Waals surface area contributed by atoms with E-state index in [0.29, 0.717) is 11.5 Å². The Bertz CT molecular complexity index is 956. The number of rotatable bonds is 7. The predicted octanol–water partition coefficient (Wildman–Crippen LogP) is 7.82. The topological polar surface area (TPSA) is 35.5 Å². The Balaban J connectivity index is 1.28. The van der Waals surface area contributed by atoms with Crippen LogP contribution in [0.1, 0.15) is 82.6 Å². The normalized spacial score (nSPS) is 25.1. The molecule has 4 rings (SSSR count). The second-order valence-corrected chi connectivity index (χ2v) is 9.98. The van der Waals surface area contributed by atoms with Crippen LogP contribution in [-0.4, -0.2) is 19.2 Å². The summed E-state index contributed by atoms with van der Waals surface area (Å²) in [4.78, 5) is 12.7. The van der Waals surface area contributed by atoms with Gasteiger partial charge in [0.15, 0.2) is 11.6 Å². The van der Waals surface area contributed by atoms with Gasteiger partial charge in [-0.25, -0.2) is 4.39 Å². The van der Waals surface area contributed by atoms with Gasteiger partial charge in [-0.15, -0.1) is 0 Å². The average molecular weight is 471 g/mol. The van der Waals surface area contributed by atoms with Crippen molar-refractivity contribution in [3.05, 3.63) is 53.6 Å². The van der Waals surface area contributed by atoms with Crippen molar-refractivity contribution < 1.29 is 23.0 Å². The van der Waals surface area contributed by atoms with E-state index in [2.05, 4.69) is 6.92 Å². The predicted molar refractivity (Wildman–Crippen MR) is 130 cm³/mol. The lowest BCUT2D eigenvalue weighted by Crippen LogP contribution is -2.29. The SMILES string of the molecule is CCCC1CCC(C(=O)OC2CCC(c3ccc(-c4ccc(OC)c(F)c4F)cc3)CC2)CC1. The molecule has 0 bridgehead atoms. The fourth-order valence-electron chi connectivity index (χ4n) is 5.72. The van der Waals surface area contributed by atoms with Crippen molar-refractivity contribution in [3.63, 3.8) is 0 Å². The molecule has 184 valence electrons. The maximum absolute atomic E-state index is 14.4. The van der Waals surface area contributed by atoms with Crippen LogP contribution < -0.4 is 4.74 Å². The number of carbonyl (C=O) groups excluding carboxylic acids is 1. The highest BCUT2D eigenvalue weighted by Crippen LogP contribution is 2.37. The Kier molecular flexibility index (Phi) is 8.23. The van der Waals surface area contributed by atoms with Crippen LogP contribution in [0, 0.1) is 23.5 Å². The minimum absolute atomic E-state index is 0.0106. The van der Waals surface area contributed by atoms with Gasteiger partial charge in [0.25, 0.3) is 0 Å². The molecule has 5 heteroatoms. The Labute approximate surface area is 201 Å². The van der Waals surface area contributed by atoms with Crippen molar-refractivity contribution in [1.29, 1.82) is 0 Å². The number of carbonyl (C=O) groups is 1. The second-order valence-electron chi connectivity index (χ2n) is 9.98.